The summed E-state index contributed by atoms with van der Waals surface area (Å²) in [6, 6.07) is 0. The number of nitrogens with zero attached hydrogens (tertiary/aromatic N) is 1. The van der Waals surface area contributed by atoms with Crippen LogP contribution in [-0.4, -0.2) is 19.5 Å². The first kappa shape index (κ1) is 10.6. The molecule has 12 heavy (non-hydrogen) atoms. The highest BCUT2D eigenvalue weighted by molar-refractivity contribution is 6.04. The molecule has 0 saturated heterocycles. The standard InChI is InChI=1S/C10H14N2/c1-4-6-9(5-2)10(7-11)8-12-3/h4-8,11H,2H2,1,3H3/b6-4-,10-9-,11-7?,12-8?. The van der Waals surface area contributed by atoms with Crippen LogP contribution < -0.4 is 0 Å². The lowest BCUT2D eigenvalue weighted by atomic mass is 10.1. The van der Waals surface area contributed by atoms with Crippen molar-refractivity contribution >= 4 is 12.4 Å². The van der Waals surface area contributed by atoms with Gasteiger partial charge in [-0.15, -0.1) is 0 Å². The molecule has 2 nitrogen and oxygen atoms in total. The van der Waals surface area contributed by atoms with E-state index < -0.39 is 0 Å². The number of aliphatic imine (C=N–C) groups is 1. The molecule has 0 atom stereocenters. The quantitative estimate of drug-likeness (QED) is 0.487. The van der Waals surface area contributed by atoms with Crippen molar-refractivity contribution in [1.29, 1.82) is 5.41 Å². The predicted octanol–water partition coefficient (Wildman–Crippen LogP) is 2.40. The normalized spacial score (nSPS) is 13.5. The van der Waals surface area contributed by atoms with E-state index in [1.54, 1.807) is 19.3 Å². The maximum atomic E-state index is 7.12. The van der Waals surface area contributed by atoms with Crippen molar-refractivity contribution < 1.29 is 0 Å². The Balaban J connectivity index is 4.98. The molecule has 0 aliphatic carbocycles. The zero-order valence-electron chi connectivity index (χ0n) is 7.54. The van der Waals surface area contributed by atoms with Crippen LogP contribution in [0.1, 0.15) is 6.92 Å². The smallest absolute Gasteiger partial charge is 0.0302 e. The minimum atomic E-state index is 0.769. The molecule has 0 amide bonds. The van der Waals surface area contributed by atoms with Gasteiger partial charge in [-0.2, -0.15) is 0 Å². The van der Waals surface area contributed by atoms with Crippen molar-refractivity contribution in [3.05, 3.63) is 36.0 Å². The summed E-state index contributed by atoms with van der Waals surface area (Å²) in [5.41, 5.74) is 1.68. The van der Waals surface area contributed by atoms with E-state index in [-0.39, 0.29) is 0 Å². The zero-order chi connectivity index (χ0) is 9.40. The van der Waals surface area contributed by atoms with Crippen molar-refractivity contribution in [1.82, 2.24) is 0 Å². The molecule has 0 unspecified atom stereocenters. The van der Waals surface area contributed by atoms with Gasteiger partial charge >= 0.3 is 0 Å². The lowest BCUT2D eigenvalue weighted by Gasteiger charge is -1.96. The van der Waals surface area contributed by atoms with Gasteiger partial charge in [-0.1, -0.05) is 24.8 Å². The van der Waals surface area contributed by atoms with Gasteiger partial charge in [0.25, 0.3) is 0 Å². The fourth-order valence-corrected chi connectivity index (χ4v) is 0.796. The fraction of sp³-hybridized carbons (Fsp3) is 0.200. The molecule has 0 heterocycles. The number of allylic oxidation sites excluding steroid dienone is 5. The molecular formula is C10H14N2. The molecule has 1 N–H and O–H groups in total. The van der Waals surface area contributed by atoms with Crippen LogP contribution >= 0.6 is 0 Å². The van der Waals surface area contributed by atoms with E-state index >= 15 is 0 Å². The van der Waals surface area contributed by atoms with Gasteiger partial charge in [-0.05, 0) is 12.5 Å². The minimum Gasteiger partial charge on any atom is -0.308 e. The van der Waals surface area contributed by atoms with E-state index in [1.807, 2.05) is 19.1 Å². The van der Waals surface area contributed by atoms with Gasteiger partial charge in [0.2, 0.25) is 0 Å². The number of hydrogen-bond donors (Lipinski definition) is 1. The second kappa shape index (κ2) is 6.28. The Morgan fingerprint density at radius 1 is 1.42 bits per heavy atom. The molecule has 2 heteroatoms. The monoisotopic (exact) mass is 162 g/mol. The van der Waals surface area contributed by atoms with Crippen LogP contribution in [0.4, 0.5) is 0 Å². The second-order valence-electron chi connectivity index (χ2n) is 2.15. The Bertz CT molecular complexity index is 219. The Morgan fingerprint density at radius 3 is 2.42 bits per heavy atom. The third-order valence-corrected chi connectivity index (χ3v) is 1.32. The van der Waals surface area contributed by atoms with E-state index in [0.29, 0.717) is 0 Å². The first-order valence-electron chi connectivity index (χ1n) is 3.72. The van der Waals surface area contributed by atoms with Gasteiger partial charge in [-0.25, -0.2) is 0 Å². The van der Waals surface area contributed by atoms with Crippen LogP contribution in [0.15, 0.2) is 40.9 Å². The Labute approximate surface area is 73.5 Å². The van der Waals surface area contributed by atoms with E-state index in [9.17, 15) is 0 Å². The maximum Gasteiger partial charge on any atom is 0.0302 e. The van der Waals surface area contributed by atoms with Gasteiger partial charge in [0.05, 0.1) is 0 Å². The average Bonchev–Trinajstić information content (AvgIpc) is 2.11. The summed E-state index contributed by atoms with van der Waals surface area (Å²) in [5.74, 6) is 0. The van der Waals surface area contributed by atoms with Gasteiger partial charge in [0.15, 0.2) is 0 Å². The predicted molar refractivity (Wildman–Crippen MR) is 55.2 cm³/mol. The van der Waals surface area contributed by atoms with Crippen molar-refractivity contribution in [3.63, 3.8) is 0 Å². The summed E-state index contributed by atoms with van der Waals surface area (Å²) in [6.07, 6.45) is 8.43. The molecule has 0 bridgehead atoms. The second-order valence-corrected chi connectivity index (χ2v) is 2.15. The molecule has 0 aromatic carbocycles. The molecule has 0 aromatic rings. The third kappa shape index (κ3) is 3.10. The highest BCUT2D eigenvalue weighted by atomic mass is 14.6. The highest BCUT2D eigenvalue weighted by Crippen LogP contribution is 2.03. The van der Waals surface area contributed by atoms with Gasteiger partial charge in [0, 0.05) is 25.0 Å². The highest BCUT2D eigenvalue weighted by Gasteiger charge is 1.92. The average molecular weight is 162 g/mol. The van der Waals surface area contributed by atoms with E-state index in [4.69, 9.17) is 5.41 Å². The van der Waals surface area contributed by atoms with Gasteiger partial charge in [-0.3, -0.25) is 4.99 Å². The third-order valence-electron chi connectivity index (χ3n) is 1.32. The summed E-state index contributed by atoms with van der Waals surface area (Å²) in [4.78, 5) is 3.84. The Morgan fingerprint density at radius 2 is 2.08 bits per heavy atom. The summed E-state index contributed by atoms with van der Waals surface area (Å²) in [7, 11) is 1.68. The van der Waals surface area contributed by atoms with Crippen molar-refractivity contribution in [3.8, 4) is 0 Å². The van der Waals surface area contributed by atoms with Crippen molar-refractivity contribution in [2.45, 2.75) is 6.92 Å². The Kier molecular flexibility index (Phi) is 5.53. The lowest BCUT2D eigenvalue weighted by Crippen LogP contribution is -1.90. The van der Waals surface area contributed by atoms with Crippen molar-refractivity contribution in [2.75, 3.05) is 7.05 Å². The molecule has 0 radical (unpaired) electrons. The summed E-state index contributed by atoms with van der Waals surface area (Å²) >= 11 is 0. The SMILES string of the molecule is C=CC(/C=C\C)=C(\C=N)C=NC. The first-order valence-corrected chi connectivity index (χ1v) is 3.72. The van der Waals surface area contributed by atoms with Gasteiger partial charge < -0.3 is 5.41 Å². The molecular weight excluding hydrogens is 148 g/mol. The van der Waals surface area contributed by atoms with Crippen LogP contribution in [0, 0.1) is 5.41 Å². The molecule has 0 fully saturated rings. The van der Waals surface area contributed by atoms with Crippen LogP contribution in [-0.2, 0) is 0 Å². The summed E-state index contributed by atoms with van der Waals surface area (Å²) < 4.78 is 0. The topological polar surface area (TPSA) is 36.2 Å². The van der Waals surface area contributed by atoms with E-state index in [0.717, 1.165) is 11.1 Å². The molecule has 0 spiro atoms. The molecule has 0 aliphatic rings. The molecule has 64 valence electrons. The maximum absolute atomic E-state index is 7.12. The Hall–Kier alpha value is -1.44. The first-order chi connectivity index (χ1) is 5.79. The minimum absolute atomic E-state index is 0.769. The number of rotatable bonds is 4. The largest absolute Gasteiger partial charge is 0.308 e. The van der Waals surface area contributed by atoms with E-state index in [2.05, 4.69) is 11.6 Å². The van der Waals surface area contributed by atoms with Crippen molar-refractivity contribution in [2.24, 2.45) is 4.99 Å². The molecule has 0 rings (SSSR count). The summed E-state index contributed by atoms with van der Waals surface area (Å²) in [5, 5.41) is 7.12. The van der Waals surface area contributed by atoms with Crippen LogP contribution in [0.2, 0.25) is 0 Å². The molecule has 0 saturated carbocycles. The molecule has 0 aliphatic heterocycles. The summed E-state index contributed by atoms with van der Waals surface area (Å²) in [6.45, 7) is 5.58. The fourth-order valence-electron chi connectivity index (χ4n) is 0.796. The van der Waals surface area contributed by atoms with Crippen LogP contribution in [0.3, 0.4) is 0 Å². The van der Waals surface area contributed by atoms with E-state index in [1.165, 1.54) is 6.21 Å². The van der Waals surface area contributed by atoms with Gasteiger partial charge in [0.1, 0.15) is 0 Å². The molecule has 0 aromatic heterocycles. The van der Waals surface area contributed by atoms with Crippen LogP contribution in [0.25, 0.3) is 0 Å². The van der Waals surface area contributed by atoms with Crippen LogP contribution in [0.5, 0.6) is 0 Å². The lowest BCUT2D eigenvalue weighted by molar-refractivity contribution is 1.46. The number of nitrogens with one attached hydrogen (secondary N) is 1. The zero-order valence-corrected chi connectivity index (χ0v) is 7.54. The number of hydrogen-bond acceptors (Lipinski definition) is 2.